The minimum Gasteiger partial charge on any atom is -0.490 e. The Morgan fingerprint density at radius 3 is 1.43 bits per heavy atom. The van der Waals surface area contributed by atoms with Gasteiger partial charge in [-0.05, 0) is 48.2 Å². The van der Waals surface area contributed by atoms with Gasteiger partial charge >= 0.3 is 0 Å². The molecule has 4 saturated heterocycles. The third kappa shape index (κ3) is 6.81. The van der Waals surface area contributed by atoms with Crippen molar-refractivity contribution in [1.82, 2.24) is 0 Å². The molecule has 0 N–H and O–H groups in total. The number of epoxide rings is 4. The van der Waals surface area contributed by atoms with Crippen molar-refractivity contribution < 1.29 is 37.9 Å². The second-order valence-corrected chi connectivity index (χ2v) is 11.8. The van der Waals surface area contributed by atoms with Crippen LogP contribution in [0.5, 0.6) is 11.5 Å². The van der Waals surface area contributed by atoms with E-state index in [0.717, 1.165) is 61.9 Å². The van der Waals surface area contributed by atoms with Gasteiger partial charge in [-0.2, -0.15) is 0 Å². The summed E-state index contributed by atoms with van der Waals surface area (Å²) in [5, 5.41) is 0. The molecule has 8 nitrogen and oxygen atoms in total. The van der Waals surface area contributed by atoms with Gasteiger partial charge in [0.15, 0.2) is 0 Å². The topological polar surface area (TPSA) is 87.0 Å². The standard InChI is InChI=1S/C32H40O8/c1-2-8-32(9-3-1,24-4-6-30(39-20-28-18-37-28)22(10-24)12-33-14-26-16-35-26)25-5-7-31(40-21-29-19-38-29)23(11-25)13-34-15-27-17-36-27/h4-7,10-11,26-29H,1-3,8-9,12-21H2. The van der Waals surface area contributed by atoms with Crippen LogP contribution in [0, 0.1) is 0 Å². The summed E-state index contributed by atoms with van der Waals surface area (Å²) in [6, 6.07) is 13.4. The van der Waals surface area contributed by atoms with Gasteiger partial charge in [-0.15, -0.1) is 0 Å². The Balaban J connectivity index is 1.17. The third-order valence-electron chi connectivity index (χ3n) is 8.51. The van der Waals surface area contributed by atoms with Crippen LogP contribution in [0.15, 0.2) is 36.4 Å². The first-order chi connectivity index (χ1) is 19.7. The molecular formula is C32H40O8. The van der Waals surface area contributed by atoms with Crippen molar-refractivity contribution in [2.24, 2.45) is 0 Å². The van der Waals surface area contributed by atoms with Crippen molar-refractivity contribution in [2.75, 3.05) is 52.9 Å². The number of benzene rings is 2. The molecular weight excluding hydrogens is 512 g/mol. The zero-order chi connectivity index (χ0) is 26.8. The average molecular weight is 553 g/mol. The van der Waals surface area contributed by atoms with Crippen molar-refractivity contribution in [3.63, 3.8) is 0 Å². The van der Waals surface area contributed by atoms with E-state index in [9.17, 15) is 0 Å². The highest BCUT2D eigenvalue weighted by Crippen LogP contribution is 2.47. The Hall–Kier alpha value is -2.20. The predicted octanol–water partition coefficient (Wildman–Crippen LogP) is 4.32. The summed E-state index contributed by atoms with van der Waals surface area (Å²) in [6.07, 6.45) is 6.75. The van der Waals surface area contributed by atoms with Crippen molar-refractivity contribution in [2.45, 2.75) is 75.1 Å². The van der Waals surface area contributed by atoms with E-state index in [-0.39, 0.29) is 29.8 Å². The lowest BCUT2D eigenvalue weighted by Crippen LogP contribution is -2.31. The highest BCUT2D eigenvalue weighted by Gasteiger charge is 2.37. The quantitative estimate of drug-likeness (QED) is 0.285. The van der Waals surface area contributed by atoms with E-state index in [1.165, 1.54) is 30.4 Å². The van der Waals surface area contributed by atoms with Crippen LogP contribution < -0.4 is 9.47 Å². The summed E-state index contributed by atoms with van der Waals surface area (Å²) < 4.78 is 45.9. The van der Waals surface area contributed by atoms with E-state index >= 15 is 0 Å². The summed E-state index contributed by atoms with van der Waals surface area (Å²) in [5.41, 5.74) is 4.72. The molecule has 0 amide bonds. The Bertz CT molecular complexity index is 1060. The summed E-state index contributed by atoms with van der Waals surface area (Å²) in [5.74, 6) is 1.76. The molecule has 1 aliphatic carbocycles. The molecule has 0 aromatic heterocycles. The fourth-order valence-corrected chi connectivity index (χ4v) is 5.78. The van der Waals surface area contributed by atoms with E-state index in [1.807, 2.05) is 0 Å². The Morgan fingerprint density at radius 1 is 0.575 bits per heavy atom. The molecule has 40 heavy (non-hydrogen) atoms. The van der Waals surface area contributed by atoms with Gasteiger partial charge in [0.1, 0.15) is 49.1 Å². The molecule has 1 saturated carbocycles. The van der Waals surface area contributed by atoms with Gasteiger partial charge in [0.05, 0.1) is 52.9 Å². The van der Waals surface area contributed by atoms with Crippen LogP contribution in [-0.2, 0) is 47.0 Å². The van der Waals surface area contributed by atoms with E-state index in [2.05, 4.69) is 36.4 Å². The number of hydrogen-bond donors (Lipinski definition) is 0. The first-order valence-electron chi connectivity index (χ1n) is 14.9. The highest BCUT2D eigenvalue weighted by molar-refractivity contribution is 5.49. The van der Waals surface area contributed by atoms with Crippen LogP contribution in [0.25, 0.3) is 0 Å². The maximum atomic E-state index is 6.18. The number of rotatable bonds is 16. The summed E-state index contributed by atoms with van der Waals surface area (Å²) in [4.78, 5) is 0. The van der Waals surface area contributed by atoms with Gasteiger partial charge in [-0.3, -0.25) is 0 Å². The fraction of sp³-hybridized carbons (Fsp3) is 0.625. The van der Waals surface area contributed by atoms with Crippen LogP contribution in [0.1, 0.15) is 54.4 Å². The van der Waals surface area contributed by atoms with Gasteiger partial charge in [0.25, 0.3) is 0 Å². The summed E-state index contributed by atoms with van der Waals surface area (Å²) >= 11 is 0. The lowest BCUT2D eigenvalue weighted by molar-refractivity contribution is 0.101. The third-order valence-corrected chi connectivity index (χ3v) is 8.51. The summed E-state index contributed by atoms with van der Waals surface area (Å²) in [7, 11) is 0. The van der Waals surface area contributed by atoms with Gasteiger partial charge in [-0.1, -0.05) is 31.4 Å². The molecule has 4 atom stereocenters. The molecule has 4 unspecified atom stereocenters. The molecule has 0 bridgehead atoms. The lowest BCUT2D eigenvalue weighted by Gasteiger charge is -2.39. The minimum absolute atomic E-state index is 0.0861. The maximum Gasteiger partial charge on any atom is 0.124 e. The predicted molar refractivity (Wildman–Crippen MR) is 146 cm³/mol. The van der Waals surface area contributed by atoms with Crippen molar-refractivity contribution in [1.29, 1.82) is 0 Å². The molecule has 2 aromatic rings. The number of hydrogen-bond acceptors (Lipinski definition) is 8. The SMILES string of the molecule is c1cc(OCC2CO2)c(COCC2CO2)cc1C1(c2ccc(OCC3CO3)c(COCC3CO3)c2)CCCCC1. The van der Waals surface area contributed by atoms with Crippen LogP contribution in [0.4, 0.5) is 0 Å². The molecule has 8 heteroatoms. The summed E-state index contributed by atoms with van der Waals surface area (Å²) in [6.45, 7) is 6.52. The second kappa shape index (κ2) is 12.0. The molecule has 0 spiro atoms. The Morgan fingerprint density at radius 2 is 1.00 bits per heavy atom. The van der Waals surface area contributed by atoms with E-state index in [4.69, 9.17) is 37.9 Å². The zero-order valence-electron chi connectivity index (χ0n) is 23.1. The van der Waals surface area contributed by atoms with Crippen molar-refractivity contribution >= 4 is 0 Å². The minimum atomic E-state index is -0.0861. The van der Waals surface area contributed by atoms with Gasteiger partial charge in [-0.25, -0.2) is 0 Å². The monoisotopic (exact) mass is 552 g/mol. The van der Waals surface area contributed by atoms with Gasteiger partial charge in [0.2, 0.25) is 0 Å². The van der Waals surface area contributed by atoms with Crippen LogP contribution in [0.3, 0.4) is 0 Å². The lowest BCUT2D eigenvalue weighted by atomic mass is 9.65. The Kier molecular flexibility index (Phi) is 7.98. The molecule has 4 aliphatic heterocycles. The maximum absolute atomic E-state index is 6.18. The van der Waals surface area contributed by atoms with Crippen LogP contribution >= 0.6 is 0 Å². The molecule has 4 heterocycles. The normalized spacial score (nSPS) is 27.7. The smallest absolute Gasteiger partial charge is 0.124 e. The second-order valence-electron chi connectivity index (χ2n) is 11.8. The van der Waals surface area contributed by atoms with E-state index < -0.39 is 0 Å². The van der Waals surface area contributed by atoms with Crippen LogP contribution in [-0.4, -0.2) is 77.3 Å². The van der Waals surface area contributed by atoms with Crippen LogP contribution in [0.2, 0.25) is 0 Å². The van der Waals surface area contributed by atoms with E-state index in [0.29, 0.717) is 39.6 Å². The molecule has 5 aliphatic rings. The number of ether oxygens (including phenoxy) is 8. The van der Waals surface area contributed by atoms with Crippen molar-refractivity contribution in [3.8, 4) is 11.5 Å². The van der Waals surface area contributed by atoms with E-state index in [1.54, 1.807) is 0 Å². The molecule has 2 aromatic carbocycles. The van der Waals surface area contributed by atoms with Gasteiger partial charge in [0, 0.05) is 16.5 Å². The molecule has 7 rings (SSSR count). The average Bonchev–Trinajstić information content (AvgIpc) is 3.81. The fourth-order valence-electron chi connectivity index (χ4n) is 5.78. The molecule has 216 valence electrons. The highest BCUT2D eigenvalue weighted by atomic mass is 16.6. The first-order valence-corrected chi connectivity index (χ1v) is 14.9. The van der Waals surface area contributed by atoms with Crippen molar-refractivity contribution in [3.05, 3.63) is 58.7 Å². The largest absolute Gasteiger partial charge is 0.490 e. The Labute approximate surface area is 236 Å². The first kappa shape index (κ1) is 26.7. The molecule has 5 fully saturated rings. The zero-order valence-corrected chi connectivity index (χ0v) is 23.1. The molecule has 0 radical (unpaired) electrons. The van der Waals surface area contributed by atoms with Gasteiger partial charge < -0.3 is 37.9 Å².